The molecule has 0 heterocycles. The molecule has 0 aromatic heterocycles. The maximum Gasteiger partial charge on any atom is 0.269 e. The zero-order valence-corrected chi connectivity index (χ0v) is 21.4. The van der Waals surface area contributed by atoms with Crippen LogP contribution in [0.5, 0.6) is 5.75 Å². The average Bonchev–Trinajstić information content (AvgIpc) is 2.91. The third kappa shape index (κ3) is 8.34. The van der Waals surface area contributed by atoms with Crippen molar-refractivity contribution in [2.24, 2.45) is 5.92 Å². The topological polar surface area (TPSA) is 109 Å². The molecule has 0 saturated heterocycles. The standard InChI is InChI=1S/C27H34N4O4S/c1-2-3-9-18-35-23-13-8-7-12-22(23)26(34)29-27(36)31-30-25(33)20-14-16-21(17-15-20)28-24(32)19-10-5-4-6-11-19/h7-8,12-17,19H,2-6,9-11,18H2,1H3,(H,28,32)(H,30,33)(H2,29,31,34,36). The molecule has 1 aliphatic carbocycles. The summed E-state index contributed by atoms with van der Waals surface area (Å²) in [6.07, 6.45) is 8.26. The van der Waals surface area contributed by atoms with Gasteiger partial charge in [0.25, 0.3) is 11.8 Å². The smallest absolute Gasteiger partial charge is 0.269 e. The second kappa shape index (κ2) is 14.2. The minimum absolute atomic E-state index is 0.0302. The molecule has 2 aromatic rings. The molecule has 0 bridgehead atoms. The third-order valence-corrected chi connectivity index (χ3v) is 6.25. The summed E-state index contributed by atoms with van der Waals surface area (Å²) in [6, 6.07) is 13.5. The van der Waals surface area contributed by atoms with Crippen molar-refractivity contribution in [1.82, 2.24) is 16.2 Å². The van der Waals surface area contributed by atoms with Crippen LogP contribution in [0.4, 0.5) is 5.69 Å². The van der Waals surface area contributed by atoms with Crippen LogP contribution in [-0.4, -0.2) is 29.4 Å². The van der Waals surface area contributed by atoms with Gasteiger partial charge >= 0.3 is 0 Å². The number of para-hydroxylation sites is 1. The highest BCUT2D eigenvalue weighted by molar-refractivity contribution is 7.80. The molecule has 3 amide bonds. The first-order chi connectivity index (χ1) is 17.5. The van der Waals surface area contributed by atoms with E-state index in [2.05, 4.69) is 28.4 Å². The number of anilines is 1. The Hall–Kier alpha value is -3.46. The highest BCUT2D eigenvalue weighted by Gasteiger charge is 2.21. The summed E-state index contributed by atoms with van der Waals surface area (Å²) in [5.41, 5.74) is 6.38. The van der Waals surface area contributed by atoms with Gasteiger partial charge in [-0.3, -0.25) is 30.6 Å². The molecule has 2 aromatic carbocycles. The van der Waals surface area contributed by atoms with Gasteiger partial charge in [-0.1, -0.05) is 51.2 Å². The summed E-state index contributed by atoms with van der Waals surface area (Å²) >= 11 is 5.15. The van der Waals surface area contributed by atoms with Gasteiger partial charge in [0.05, 0.1) is 12.2 Å². The number of thiocarbonyl (C=S) groups is 1. The Morgan fingerprint density at radius 1 is 0.917 bits per heavy atom. The van der Waals surface area contributed by atoms with Crippen LogP contribution in [0.15, 0.2) is 48.5 Å². The van der Waals surface area contributed by atoms with E-state index in [4.69, 9.17) is 17.0 Å². The molecule has 0 radical (unpaired) electrons. The first-order valence-corrected chi connectivity index (χ1v) is 12.9. The molecule has 1 fully saturated rings. The van der Waals surface area contributed by atoms with Crippen molar-refractivity contribution in [1.29, 1.82) is 0 Å². The fourth-order valence-electron chi connectivity index (χ4n) is 4.02. The number of unbranched alkanes of at least 4 members (excludes halogenated alkanes) is 2. The normalized spacial score (nSPS) is 13.4. The lowest BCUT2D eigenvalue weighted by atomic mass is 9.88. The molecule has 0 atom stereocenters. The highest BCUT2D eigenvalue weighted by Crippen LogP contribution is 2.25. The van der Waals surface area contributed by atoms with Gasteiger partial charge in [0, 0.05) is 17.2 Å². The van der Waals surface area contributed by atoms with Crippen LogP contribution >= 0.6 is 12.2 Å². The molecule has 8 nitrogen and oxygen atoms in total. The summed E-state index contributed by atoms with van der Waals surface area (Å²) in [4.78, 5) is 37.5. The molecular formula is C27H34N4O4S. The van der Waals surface area contributed by atoms with Crippen LogP contribution < -0.4 is 26.2 Å². The van der Waals surface area contributed by atoms with Gasteiger partial charge in [-0.15, -0.1) is 0 Å². The fourth-order valence-corrected chi connectivity index (χ4v) is 4.16. The van der Waals surface area contributed by atoms with Gasteiger partial charge in [-0.25, -0.2) is 0 Å². The number of carbonyl (C=O) groups excluding carboxylic acids is 3. The van der Waals surface area contributed by atoms with Crippen LogP contribution in [0.25, 0.3) is 0 Å². The molecule has 0 aliphatic heterocycles. The Balaban J connectivity index is 1.45. The molecular weight excluding hydrogens is 476 g/mol. The van der Waals surface area contributed by atoms with Crippen molar-refractivity contribution < 1.29 is 19.1 Å². The molecule has 3 rings (SSSR count). The van der Waals surface area contributed by atoms with Crippen LogP contribution in [0, 0.1) is 5.92 Å². The van der Waals surface area contributed by atoms with E-state index in [1.165, 1.54) is 6.42 Å². The summed E-state index contributed by atoms with van der Waals surface area (Å²) in [5.74, 6) is -0.305. The first kappa shape index (κ1) is 27.1. The number of benzene rings is 2. The van der Waals surface area contributed by atoms with E-state index in [0.29, 0.717) is 29.2 Å². The molecule has 36 heavy (non-hydrogen) atoms. The second-order valence-electron chi connectivity index (χ2n) is 8.82. The molecule has 1 saturated carbocycles. The lowest BCUT2D eigenvalue weighted by molar-refractivity contribution is -0.120. The van der Waals surface area contributed by atoms with Crippen LogP contribution in [0.3, 0.4) is 0 Å². The van der Waals surface area contributed by atoms with Gasteiger partial charge in [-0.05, 0) is 67.9 Å². The van der Waals surface area contributed by atoms with E-state index >= 15 is 0 Å². The number of ether oxygens (including phenoxy) is 1. The average molecular weight is 511 g/mol. The lowest BCUT2D eigenvalue weighted by Gasteiger charge is -2.20. The Morgan fingerprint density at radius 2 is 1.64 bits per heavy atom. The minimum atomic E-state index is -0.439. The largest absolute Gasteiger partial charge is 0.493 e. The van der Waals surface area contributed by atoms with E-state index in [1.807, 2.05) is 0 Å². The molecule has 9 heteroatoms. The van der Waals surface area contributed by atoms with Gasteiger partial charge < -0.3 is 10.1 Å². The monoisotopic (exact) mass is 510 g/mol. The van der Waals surface area contributed by atoms with Gasteiger partial charge in [0.1, 0.15) is 5.75 Å². The Kier molecular flexibility index (Phi) is 10.7. The van der Waals surface area contributed by atoms with Crippen molar-refractivity contribution in [3.63, 3.8) is 0 Å². The number of rotatable bonds is 9. The predicted octanol–water partition coefficient (Wildman–Crippen LogP) is 4.72. The fraction of sp³-hybridized carbons (Fsp3) is 0.407. The van der Waals surface area contributed by atoms with Crippen LogP contribution in [-0.2, 0) is 4.79 Å². The van der Waals surface area contributed by atoms with Gasteiger partial charge in [0.15, 0.2) is 5.11 Å². The van der Waals surface area contributed by atoms with Crippen LogP contribution in [0.1, 0.15) is 79.0 Å². The molecule has 1 aliphatic rings. The van der Waals surface area contributed by atoms with Crippen molar-refractivity contribution >= 4 is 40.7 Å². The number of hydrazine groups is 1. The summed E-state index contributed by atoms with van der Waals surface area (Å²) in [5, 5.41) is 5.42. The molecule has 4 N–H and O–H groups in total. The molecule has 192 valence electrons. The first-order valence-electron chi connectivity index (χ1n) is 12.5. The summed E-state index contributed by atoms with van der Waals surface area (Å²) < 4.78 is 5.75. The van der Waals surface area contributed by atoms with Crippen molar-refractivity contribution in [2.45, 2.75) is 58.3 Å². The Labute approximate surface area is 217 Å². The van der Waals surface area contributed by atoms with Crippen molar-refractivity contribution in [3.8, 4) is 5.75 Å². The molecule has 0 unspecified atom stereocenters. The maximum atomic E-state index is 12.7. The minimum Gasteiger partial charge on any atom is -0.493 e. The summed E-state index contributed by atoms with van der Waals surface area (Å²) in [6.45, 7) is 2.64. The van der Waals surface area contributed by atoms with Crippen LogP contribution in [0.2, 0.25) is 0 Å². The number of hydrogen-bond acceptors (Lipinski definition) is 5. The van der Waals surface area contributed by atoms with Gasteiger partial charge in [-0.2, -0.15) is 0 Å². The highest BCUT2D eigenvalue weighted by atomic mass is 32.1. The number of amides is 3. The van der Waals surface area contributed by atoms with Gasteiger partial charge in [0.2, 0.25) is 5.91 Å². The Bertz CT molecular complexity index is 1050. The van der Waals surface area contributed by atoms with E-state index in [9.17, 15) is 14.4 Å². The predicted molar refractivity (Wildman–Crippen MR) is 144 cm³/mol. The SMILES string of the molecule is CCCCCOc1ccccc1C(=O)NC(=S)NNC(=O)c1ccc(NC(=O)C2CCCCC2)cc1. The Morgan fingerprint density at radius 3 is 2.36 bits per heavy atom. The number of hydrogen-bond donors (Lipinski definition) is 4. The van der Waals surface area contributed by atoms with E-state index in [1.54, 1.807) is 48.5 Å². The zero-order chi connectivity index (χ0) is 25.8. The van der Waals surface area contributed by atoms with Crippen molar-refractivity contribution in [2.75, 3.05) is 11.9 Å². The quantitative estimate of drug-likeness (QED) is 0.221. The number of carbonyl (C=O) groups is 3. The molecule has 0 spiro atoms. The number of nitrogens with one attached hydrogen (secondary N) is 4. The van der Waals surface area contributed by atoms with Crippen molar-refractivity contribution in [3.05, 3.63) is 59.7 Å². The second-order valence-corrected chi connectivity index (χ2v) is 9.22. The van der Waals surface area contributed by atoms with E-state index in [0.717, 1.165) is 44.9 Å². The third-order valence-electron chi connectivity index (χ3n) is 6.04. The zero-order valence-electron chi connectivity index (χ0n) is 20.6. The lowest BCUT2D eigenvalue weighted by Crippen LogP contribution is -2.48. The maximum absolute atomic E-state index is 12.7. The van der Waals surface area contributed by atoms with E-state index in [-0.39, 0.29) is 16.9 Å². The summed E-state index contributed by atoms with van der Waals surface area (Å²) in [7, 11) is 0. The van der Waals surface area contributed by atoms with E-state index < -0.39 is 11.8 Å².